The van der Waals surface area contributed by atoms with E-state index >= 15 is 0 Å². The third-order valence-corrected chi connectivity index (χ3v) is 4.30. The van der Waals surface area contributed by atoms with Crippen molar-refractivity contribution >= 4 is 40.8 Å². The molecule has 1 aromatic rings. The average molecular weight is 332 g/mol. The largest absolute Gasteiger partial charge is 0.480 e. The number of urea groups is 1. The van der Waals surface area contributed by atoms with Crippen LogP contribution in [0.2, 0.25) is 4.34 Å². The van der Waals surface area contributed by atoms with Gasteiger partial charge in [0.05, 0.1) is 4.34 Å². The summed E-state index contributed by atoms with van der Waals surface area (Å²) in [6.07, 6.45) is 0.598. The lowest BCUT2D eigenvalue weighted by atomic mass is 10.2. The second-order valence-electron chi connectivity index (χ2n) is 4.47. The molecule has 1 aliphatic rings. The lowest BCUT2D eigenvalue weighted by Gasteiger charge is -2.32. The Morgan fingerprint density at radius 3 is 2.90 bits per heavy atom. The molecule has 0 spiro atoms. The van der Waals surface area contributed by atoms with Crippen LogP contribution in [-0.4, -0.2) is 53.6 Å². The summed E-state index contributed by atoms with van der Waals surface area (Å²) in [6.45, 7) is 0.00980. The van der Waals surface area contributed by atoms with Gasteiger partial charge in [-0.1, -0.05) is 11.6 Å². The third-order valence-electron chi connectivity index (χ3n) is 3.01. The molecule has 1 unspecified atom stereocenters. The molecule has 21 heavy (non-hydrogen) atoms. The molecular weight excluding hydrogens is 318 g/mol. The van der Waals surface area contributed by atoms with Crippen LogP contribution in [0.15, 0.2) is 12.1 Å². The number of amides is 3. The van der Waals surface area contributed by atoms with Gasteiger partial charge in [0.1, 0.15) is 12.6 Å². The van der Waals surface area contributed by atoms with Crippen molar-refractivity contribution in [3.05, 3.63) is 21.3 Å². The first-order valence-corrected chi connectivity index (χ1v) is 7.45. The van der Waals surface area contributed by atoms with E-state index < -0.39 is 18.0 Å². The van der Waals surface area contributed by atoms with Crippen LogP contribution in [0.25, 0.3) is 0 Å². The molecule has 0 aliphatic carbocycles. The van der Waals surface area contributed by atoms with E-state index in [2.05, 4.69) is 10.6 Å². The topological polar surface area (TPSA) is 98.7 Å². The Labute approximate surface area is 129 Å². The fraction of sp³-hybridized carbons (Fsp3) is 0.417. The number of aliphatic carboxylic acids is 1. The van der Waals surface area contributed by atoms with Crippen LogP contribution >= 0.6 is 22.9 Å². The number of nitrogens with zero attached hydrogens (tertiary/aromatic N) is 1. The van der Waals surface area contributed by atoms with E-state index in [9.17, 15) is 14.4 Å². The minimum Gasteiger partial charge on any atom is -0.480 e. The Hall–Kier alpha value is -1.80. The molecule has 3 N–H and O–H groups in total. The molecule has 0 aromatic carbocycles. The van der Waals surface area contributed by atoms with Gasteiger partial charge < -0.3 is 15.7 Å². The number of hydrogen-bond acceptors (Lipinski definition) is 4. The molecule has 1 aromatic heterocycles. The SMILES string of the molecule is O=C1CN(C(=O)NCCc2ccc(Cl)s2)C(C(=O)O)CN1. The van der Waals surface area contributed by atoms with Crippen LogP contribution in [0, 0.1) is 0 Å². The minimum absolute atomic E-state index is 0.0812. The molecule has 2 heterocycles. The van der Waals surface area contributed by atoms with E-state index in [0.717, 1.165) is 9.78 Å². The zero-order valence-electron chi connectivity index (χ0n) is 11.0. The summed E-state index contributed by atoms with van der Waals surface area (Å²) in [7, 11) is 0. The van der Waals surface area contributed by atoms with E-state index in [4.69, 9.17) is 16.7 Å². The van der Waals surface area contributed by atoms with Crippen molar-refractivity contribution in [1.82, 2.24) is 15.5 Å². The van der Waals surface area contributed by atoms with Gasteiger partial charge >= 0.3 is 12.0 Å². The standard InChI is InChI=1S/C12H14ClN3O4S/c13-9-2-1-7(21-9)3-4-14-12(20)16-6-10(17)15-5-8(16)11(18)19/h1-2,8H,3-6H2,(H,14,20)(H,15,17)(H,18,19). The Balaban J connectivity index is 1.88. The first-order valence-electron chi connectivity index (χ1n) is 6.25. The zero-order chi connectivity index (χ0) is 15.4. The van der Waals surface area contributed by atoms with Gasteiger partial charge in [0.2, 0.25) is 5.91 Å². The molecule has 0 bridgehead atoms. The average Bonchev–Trinajstić information content (AvgIpc) is 2.84. The van der Waals surface area contributed by atoms with Gasteiger partial charge in [-0.25, -0.2) is 9.59 Å². The third kappa shape index (κ3) is 4.08. The summed E-state index contributed by atoms with van der Waals surface area (Å²) < 4.78 is 0.676. The molecule has 1 fully saturated rings. The maximum Gasteiger partial charge on any atom is 0.328 e. The summed E-state index contributed by atoms with van der Waals surface area (Å²) in [4.78, 5) is 36.4. The summed E-state index contributed by atoms with van der Waals surface area (Å²) in [5, 5.41) is 14.1. The Morgan fingerprint density at radius 2 is 2.29 bits per heavy atom. The van der Waals surface area contributed by atoms with Crippen molar-refractivity contribution < 1.29 is 19.5 Å². The molecule has 1 atom stereocenters. The summed E-state index contributed by atoms with van der Waals surface area (Å²) in [5.74, 6) is -1.51. The van der Waals surface area contributed by atoms with E-state index in [1.54, 1.807) is 6.07 Å². The smallest absolute Gasteiger partial charge is 0.328 e. The van der Waals surface area contributed by atoms with Crippen LogP contribution < -0.4 is 10.6 Å². The first-order chi connectivity index (χ1) is 9.97. The van der Waals surface area contributed by atoms with Gasteiger partial charge in [0.15, 0.2) is 0 Å². The number of rotatable bonds is 4. The summed E-state index contributed by atoms with van der Waals surface area (Å²) in [5.41, 5.74) is 0. The van der Waals surface area contributed by atoms with Gasteiger partial charge in [-0.3, -0.25) is 9.69 Å². The van der Waals surface area contributed by atoms with E-state index in [-0.39, 0.29) is 19.0 Å². The normalized spacial score (nSPS) is 18.2. The lowest BCUT2D eigenvalue weighted by molar-refractivity contribution is -0.144. The second kappa shape index (κ2) is 6.77. The molecule has 114 valence electrons. The monoisotopic (exact) mass is 331 g/mol. The highest BCUT2D eigenvalue weighted by atomic mass is 35.5. The number of hydrogen-bond donors (Lipinski definition) is 3. The molecule has 7 nitrogen and oxygen atoms in total. The van der Waals surface area contributed by atoms with Gasteiger partial charge in [-0.15, -0.1) is 11.3 Å². The predicted octanol–water partition coefficient (Wildman–Crippen LogP) is 0.539. The van der Waals surface area contributed by atoms with E-state index in [1.807, 2.05) is 6.07 Å². The highest BCUT2D eigenvalue weighted by Gasteiger charge is 2.34. The van der Waals surface area contributed by atoms with Gasteiger partial charge in [0.25, 0.3) is 0 Å². The van der Waals surface area contributed by atoms with Crippen LogP contribution in [0.1, 0.15) is 4.88 Å². The van der Waals surface area contributed by atoms with Crippen LogP contribution in [0.4, 0.5) is 4.79 Å². The zero-order valence-corrected chi connectivity index (χ0v) is 12.5. The van der Waals surface area contributed by atoms with E-state index in [1.165, 1.54) is 11.3 Å². The Kier molecular flexibility index (Phi) is 5.03. The van der Waals surface area contributed by atoms with Crippen LogP contribution in [-0.2, 0) is 16.0 Å². The maximum atomic E-state index is 12.0. The van der Waals surface area contributed by atoms with Crippen molar-refractivity contribution in [3.8, 4) is 0 Å². The van der Waals surface area contributed by atoms with Crippen molar-refractivity contribution in [2.24, 2.45) is 0 Å². The summed E-state index contributed by atoms with van der Waals surface area (Å²) in [6, 6.07) is 2.05. The van der Waals surface area contributed by atoms with Crippen LogP contribution in [0.5, 0.6) is 0 Å². The fourth-order valence-electron chi connectivity index (χ4n) is 1.96. The number of piperazine rings is 1. The maximum absolute atomic E-state index is 12.0. The quantitative estimate of drug-likeness (QED) is 0.750. The molecule has 0 saturated carbocycles. The number of carbonyl (C=O) groups excluding carboxylic acids is 2. The number of carboxylic acids is 1. The molecule has 1 aliphatic heterocycles. The highest BCUT2D eigenvalue weighted by molar-refractivity contribution is 7.16. The second-order valence-corrected chi connectivity index (χ2v) is 6.27. The predicted molar refractivity (Wildman–Crippen MR) is 77.6 cm³/mol. The van der Waals surface area contributed by atoms with Crippen molar-refractivity contribution in [2.45, 2.75) is 12.5 Å². The number of carbonyl (C=O) groups is 3. The van der Waals surface area contributed by atoms with Crippen molar-refractivity contribution in [2.75, 3.05) is 19.6 Å². The van der Waals surface area contributed by atoms with Crippen LogP contribution in [0.3, 0.4) is 0 Å². The molecule has 2 rings (SSSR count). The molecule has 3 amide bonds. The Bertz CT molecular complexity index is 562. The number of nitrogens with one attached hydrogen (secondary N) is 2. The lowest BCUT2D eigenvalue weighted by Crippen LogP contribution is -2.61. The minimum atomic E-state index is -1.14. The highest BCUT2D eigenvalue weighted by Crippen LogP contribution is 2.21. The van der Waals surface area contributed by atoms with Gasteiger partial charge in [-0.05, 0) is 18.6 Å². The molecule has 1 saturated heterocycles. The molecule has 0 radical (unpaired) electrons. The number of halogens is 1. The van der Waals surface area contributed by atoms with Crippen molar-refractivity contribution in [3.63, 3.8) is 0 Å². The Morgan fingerprint density at radius 1 is 1.52 bits per heavy atom. The number of thiophene rings is 1. The van der Waals surface area contributed by atoms with Gasteiger partial charge in [0, 0.05) is 18.0 Å². The number of carboxylic acid groups (broad SMARTS) is 1. The van der Waals surface area contributed by atoms with E-state index in [0.29, 0.717) is 17.3 Å². The first kappa shape index (κ1) is 15.6. The fourth-order valence-corrected chi connectivity index (χ4v) is 3.04. The summed E-state index contributed by atoms with van der Waals surface area (Å²) >= 11 is 7.23. The molecular formula is C12H14ClN3O4S. The van der Waals surface area contributed by atoms with Gasteiger partial charge in [-0.2, -0.15) is 0 Å². The van der Waals surface area contributed by atoms with Crippen molar-refractivity contribution in [1.29, 1.82) is 0 Å². The molecule has 9 heteroatoms.